The summed E-state index contributed by atoms with van der Waals surface area (Å²) in [6.45, 7) is 10.3. The summed E-state index contributed by atoms with van der Waals surface area (Å²) in [5.74, 6) is 0.774. The Labute approximate surface area is 178 Å². The highest BCUT2D eigenvalue weighted by Crippen LogP contribution is 2.23. The Kier molecular flexibility index (Phi) is 8.35. The van der Waals surface area contributed by atoms with Crippen molar-refractivity contribution in [2.24, 2.45) is 5.92 Å². The number of halogens is 2. The normalized spacial score (nSPS) is 14.8. The van der Waals surface area contributed by atoms with E-state index in [2.05, 4.69) is 17.3 Å². The van der Waals surface area contributed by atoms with E-state index >= 15 is 0 Å². The molecule has 1 N–H and O–H groups in total. The molecule has 0 atom stereocenters. The number of hydrogen-bond donors (Lipinski definition) is 1. The van der Waals surface area contributed by atoms with Crippen LogP contribution < -0.4 is 5.32 Å². The molecule has 28 heavy (non-hydrogen) atoms. The van der Waals surface area contributed by atoms with Gasteiger partial charge in [-0.2, -0.15) is 5.10 Å². The van der Waals surface area contributed by atoms with Gasteiger partial charge in [0.05, 0.1) is 17.8 Å². The van der Waals surface area contributed by atoms with Crippen molar-refractivity contribution in [2.45, 2.75) is 40.2 Å². The lowest BCUT2D eigenvalue weighted by molar-refractivity contribution is 0.0688. The predicted octanol–water partition coefficient (Wildman–Crippen LogP) is 4.09. The van der Waals surface area contributed by atoms with E-state index in [1.54, 1.807) is 0 Å². The number of carbonyl (C=O) groups is 1. The van der Waals surface area contributed by atoms with Crippen LogP contribution in [0.4, 0.5) is 0 Å². The number of rotatable bonds is 6. The van der Waals surface area contributed by atoms with Crippen molar-refractivity contribution in [3.05, 3.63) is 51.8 Å². The molecule has 0 saturated carbocycles. The first-order valence-corrected chi connectivity index (χ1v) is 10.2. The molecule has 0 unspecified atom stereocenters. The molecule has 2 heterocycles. The topological polar surface area (TPSA) is 50.2 Å². The number of nitrogens with one attached hydrogen (secondary N) is 1. The van der Waals surface area contributed by atoms with Gasteiger partial charge in [-0.3, -0.25) is 9.48 Å². The van der Waals surface area contributed by atoms with Gasteiger partial charge in [0.25, 0.3) is 5.91 Å². The van der Waals surface area contributed by atoms with Crippen LogP contribution in [-0.4, -0.2) is 46.8 Å². The number of benzene rings is 1. The fourth-order valence-corrected chi connectivity index (χ4v) is 3.99. The zero-order valence-corrected chi connectivity index (χ0v) is 18.4. The molecule has 1 aliphatic rings. The van der Waals surface area contributed by atoms with Gasteiger partial charge in [-0.05, 0) is 57.3 Å². The van der Waals surface area contributed by atoms with Crippen LogP contribution in [0.3, 0.4) is 0 Å². The molecule has 0 radical (unpaired) electrons. The van der Waals surface area contributed by atoms with Gasteiger partial charge in [-0.1, -0.05) is 36.7 Å². The van der Waals surface area contributed by atoms with Crippen LogP contribution in [0.15, 0.2) is 24.3 Å². The number of piperidine rings is 1. The van der Waals surface area contributed by atoms with Gasteiger partial charge in [0, 0.05) is 23.8 Å². The van der Waals surface area contributed by atoms with Crippen LogP contribution in [0.2, 0.25) is 5.02 Å². The Hall–Kier alpha value is -1.56. The Morgan fingerprint density at radius 1 is 1.25 bits per heavy atom. The van der Waals surface area contributed by atoms with Crippen molar-refractivity contribution >= 4 is 29.9 Å². The fourth-order valence-electron chi connectivity index (χ4n) is 3.80. The highest BCUT2D eigenvalue weighted by Gasteiger charge is 2.27. The van der Waals surface area contributed by atoms with Crippen molar-refractivity contribution < 1.29 is 4.79 Å². The summed E-state index contributed by atoms with van der Waals surface area (Å²) in [5, 5.41) is 8.76. The van der Waals surface area contributed by atoms with E-state index in [1.807, 2.05) is 47.7 Å². The first kappa shape index (κ1) is 22.7. The molecule has 0 aliphatic carbocycles. The quantitative estimate of drug-likeness (QED) is 0.759. The maximum Gasteiger partial charge on any atom is 0.257 e. The second-order valence-electron chi connectivity index (χ2n) is 7.34. The summed E-state index contributed by atoms with van der Waals surface area (Å²) in [5.41, 5.74) is 3.45. The highest BCUT2D eigenvalue weighted by atomic mass is 35.5. The molecule has 1 aromatic carbocycles. The lowest BCUT2D eigenvalue weighted by atomic mass is 9.96. The molecular formula is C21H30Cl2N4O. The third kappa shape index (κ3) is 5.07. The lowest BCUT2D eigenvalue weighted by Gasteiger charge is -2.32. The van der Waals surface area contributed by atoms with Crippen molar-refractivity contribution in [1.29, 1.82) is 0 Å². The number of aromatic nitrogens is 2. The van der Waals surface area contributed by atoms with Gasteiger partial charge in [-0.15, -0.1) is 12.4 Å². The van der Waals surface area contributed by atoms with Crippen molar-refractivity contribution in [3.63, 3.8) is 0 Å². The van der Waals surface area contributed by atoms with Crippen LogP contribution >= 0.6 is 24.0 Å². The van der Waals surface area contributed by atoms with Gasteiger partial charge >= 0.3 is 0 Å². The molecule has 1 amide bonds. The van der Waals surface area contributed by atoms with Gasteiger partial charge in [0.1, 0.15) is 0 Å². The molecule has 0 bridgehead atoms. The van der Waals surface area contributed by atoms with E-state index in [9.17, 15) is 4.79 Å². The smallest absolute Gasteiger partial charge is 0.257 e. The zero-order valence-electron chi connectivity index (χ0n) is 16.9. The molecule has 5 nitrogen and oxygen atoms in total. The molecule has 2 aromatic rings. The molecule has 1 fully saturated rings. The lowest BCUT2D eigenvalue weighted by Crippen LogP contribution is -2.41. The first-order chi connectivity index (χ1) is 13.0. The maximum absolute atomic E-state index is 13.1. The SMILES string of the molecule is CCNCC1CCN(C(=O)c2c(C)nn(Cc3ccccc3Cl)c2C)CC1.Cl. The summed E-state index contributed by atoms with van der Waals surface area (Å²) in [7, 11) is 0. The number of amides is 1. The second-order valence-corrected chi connectivity index (χ2v) is 7.75. The molecule has 1 aromatic heterocycles. The van der Waals surface area contributed by atoms with Crippen LogP contribution in [0.25, 0.3) is 0 Å². The summed E-state index contributed by atoms with van der Waals surface area (Å²) in [6.07, 6.45) is 2.12. The van der Waals surface area contributed by atoms with E-state index in [4.69, 9.17) is 11.6 Å². The second kappa shape index (κ2) is 10.3. The fraction of sp³-hybridized carbons (Fsp3) is 0.524. The molecule has 1 aliphatic heterocycles. The van der Waals surface area contributed by atoms with E-state index < -0.39 is 0 Å². The summed E-state index contributed by atoms with van der Waals surface area (Å²) in [4.78, 5) is 15.1. The third-order valence-electron chi connectivity index (χ3n) is 5.46. The van der Waals surface area contributed by atoms with Crippen molar-refractivity contribution in [2.75, 3.05) is 26.2 Å². The van der Waals surface area contributed by atoms with E-state index in [0.29, 0.717) is 12.5 Å². The van der Waals surface area contributed by atoms with Crippen LogP contribution in [-0.2, 0) is 6.54 Å². The molecule has 0 spiro atoms. The predicted molar refractivity (Wildman–Crippen MR) is 117 cm³/mol. The van der Waals surface area contributed by atoms with Crippen molar-refractivity contribution in [3.8, 4) is 0 Å². The minimum atomic E-state index is 0. The van der Waals surface area contributed by atoms with Crippen LogP contribution in [0.5, 0.6) is 0 Å². The molecule has 154 valence electrons. The molecule has 1 saturated heterocycles. The standard InChI is InChI=1S/C21H29ClN4O.ClH/c1-4-23-13-17-9-11-25(12-10-17)21(27)20-15(2)24-26(16(20)3)14-18-7-5-6-8-19(18)22;/h5-8,17,23H,4,9-14H2,1-3H3;1H. The monoisotopic (exact) mass is 424 g/mol. The summed E-state index contributed by atoms with van der Waals surface area (Å²) >= 11 is 6.29. The Bertz CT molecular complexity index is 798. The Morgan fingerprint density at radius 3 is 2.57 bits per heavy atom. The van der Waals surface area contributed by atoms with Gasteiger partial charge in [0.15, 0.2) is 0 Å². The number of likely N-dealkylation sites (tertiary alicyclic amines) is 1. The number of hydrogen-bond acceptors (Lipinski definition) is 3. The summed E-state index contributed by atoms with van der Waals surface area (Å²) < 4.78 is 1.89. The van der Waals surface area contributed by atoms with Gasteiger partial charge in [0.2, 0.25) is 0 Å². The van der Waals surface area contributed by atoms with E-state index in [1.165, 1.54) is 0 Å². The Balaban J connectivity index is 0.00000280. The van der Waals surface area contributed by atoms with E-state index in [0.717, 1.165) is 66.6 Å². The molecule has 3 rings (SSSR count). The minimum Gasteiger partial charge on any atom is -0.339 e. The average molecular weight is 425 g/mol. The molecular weight excluding hydrogens is 395 g/mol. The zero-order chi connectivity index (χ0) is 19.4. The maximum atomic E-state index is 13.1. The van der Waals surface area contributed by atoms with Gasteiger partial charge < -0.3 is 10.2 Å². The third-order valence-corrected chi connectivity index (χ3v) is 5.83. The Morgan fingerprint density at radius 2 is 1.93 bits per heavy atom. The number of nitrogens with zero attached hydrogens (tertiary/aromatic N) is 3. The molecule has 7 heteroatoms. The van der Waals surface area contributed by atoms with E-state index in [-0.39, 0.29) is 18.3 Å². The highest BCUT2D eigenvalue weighted by molar-refractivity contribution is 6.31. The summed E-state index contributed by atoms with van der Waals surface area (Å²) in [6, 6.07) is 7.76. The number of carbonyl (C=O) groups excluding carboxylic acids is 1. The minimum absolute atomic E-state index is 0. The average Bonchev–Trinajstić information content (AvgIpc) is 2.95. The number of aryl methyl sites for hydroxylation is 1. The van der Waals surface area contributed by atoms with Crippen LogP contribution in [0, 0.1) is 19.8 Å². The van der Waals surface area contributed by atoms with Gasteiger partial charge in [-0.25, -0.2) is 0 Å². The van der Waals surface area contributed by atoms with Crippen LogP contribution in [0.1, 0.15) is 47.1 Å². The van der Waals surface area contributed by atoms with Crippen molar-refractivity contribution in [1.82, 2.24) is 20.0 Å². The largest absolute Gasteiger partial charge is 0.339 e. The first-order valence-electron chi connectivity index (χ1n) is 9.78.